The molecular formula is C11H13FN2OS. The van der Waals surface area contributed by atoms with Crippen LogP contribution in [0, 0.1) is 17.1 Å². The summed E-state index contributed by atoms with van der Waals surface area (Å²) in [6, 6.07) is 5.86. The van der Waals surface area contributed by atoms with Crippen molar-refractivity contribution in [3.05, 3.63) is 35.1 Å². The quantitative estimate of drug-likeness (QED) is 0.843. The summed E-state index contributed by atoms with van der Waals surface area (Å²) in [7, 11) is -1.09. The number of nitriles is 1. The molecule has 0 saturated heterocycles. The van der Waals surface area contributed by atoms with Crippen molar-refractivity contribution < 1.29 is 8.60 Å². The van der Waals surface area contributed by atoms with Crippen LogP contribution in [0.25, 0.3) is 0 Å². The molecule has 0 aromatic heterocycles. The number of benzene rings is 1. The third kappa shape index (κ3) is 3.72. The molecule has 0 heterocycles. The van der Waals surface area contributed by atoms with E-state index in [9.17, 15) is 8.60 Å². The van der Waals surface area contributed by atoms with Gasteiger partial charge in [-0.05, 0) is 36.7 Å². The molecule has 1 aromatic carbocycles. The second-order valence-corrected chi connectivity index (χ2v) is 4.92. The summed E-state index contributed by atoms with van der Waals surface area (Å²) in [5.41, 5.74) is 6.18. The van der Waals surface area contributed by atoms with E-state index in [4.69, 9.17) is 11.0 Å². The molecule has 0 radical (unpaired) electrons. The van der Waals surface area contributed by atoms with Gasteiger partial charge < -0.3 is 5.73 Å². The van der Waals surface area contributed by atoms with Crippen molar-refractivity contribution in [3.63, 3.8) is 0 Å². The van der Waals surface area contributed by atoms with E-state index in [1.165, 1.54) is 18.2 Å². The molecule has 0 aliphatic rings. The minimum absolute atomic E-state index is 0.209. The summed E-state index contributed by atoms with van der Waals surface area (Å²) >= 11 is 0. The van der Waals surface area contributed by atoms with E-state index in [1.807, 2.05) is 6.07 Å². The van der Waals surface area contributed by atoms with Gasteiger partial charge in [0.1, 0.15) is 5.82 Å². The standard InChI is InChI=1S/C11H13FN2OS/c12-11-3-2-9(7-14)10(6-11)8-16(15)5-1-4-13/h2-3,6H,1,4-5,8,13H2. The second-order valence-electron chi connectivity index (χ2n) is 3.34. The number of hydrogen-bond donors (Lipinski definition) is 1. The van der Waals surface area contributed by atoms with Gasteiger partial charge in [-0.3, -0.25) is 4.21 Å². The molecule has 5 heteroatoms. The summed E-state index contributed by atoms with van der Waals surface area (Å²) in [4.78, 5) is 0. The lowest BCUT2D eigenvalue weighted by Gasteiger charge is -2.04. The van der Waals surface area contributed by atoms with Crippen LogP contribution in [0.2, 0.25) is 0 Å². The fourth-order valence-electron chi connectivity index (χ4n) is 1.28. The molecule has 86 valence electrons. The van der Waals surface area contributed by atoms with Crippen LogP contribution in [0.5, 0.6) is 0 Å². The first-order valence-electron chi connectivity index (χ1n) is 4.91. The minimum atomic E-state index is -1.09. The van der Waals surface area contributed by atoms with Gasteiger partial charge in [-0.2, -0.15) is 5.26 Å². The molecule has 0 saturated carbocycles. The van der Waals surface area contributed by atoms with E-state index in [0.717, 1.165) is 0 Å². The average Bonchev–Trinajstić information content (AvgIpc) is 2.27. The zero-order valence-corrected chi connectivity index (χ0v) is 9.60. The normalized spacial score (nSPS) is 12.1. The summed E-state index contributed by atoms with van der Waals surface area (Å²) in [5.74, 6) is 0.281. The van der Waals surface area contributed by atoms with Gasteiger partial charge in [-0.15, -0.1) is 0 Å². The number of hydrogen-bond acceptors (Lipinski definition) is 3. The van der Waals surface area contributed by atoms with Gasteiger partial charge in [0, 0.05) is 22.3 Å². The first-order chi connectivity index (χ1) is 7.67. The molecule has 1 rings (SSSR count). The minimum Gasteiger partial charge on any atom is -0.330 e. The van der Waals surface area contributed by atoms with Crippen molar-refractivity contribution >= 4 is 10.8 Å². The second kappa shape index (κ2) is 6.36. The lowest BCUT2D eigenvalue weighted by atomic mass is 10.1. The molecule has 1 unspecified atom stereocenters. The fourth-order valence-corrected chi connectivity index (χ4v) is 2.50. The number of halogens is 1. The molecule has 2 N–H and O–H groups in total. The Morgan fingerprint density at radius 2 is 2.25 bits per heavy atom. The molecule has 0 spiro atoms. The Morgan fingerprint density at radius 1 is 1.50 bits per heavy atom. The highest BCUT2D eigenvalue weighted by atomic mass is 32.2. The number of nitrogens with zero attached hydrogens (tertiary/aromatic N) is 1. The predicted octanol–water partition coefficient (Wildman–Crippen LogP) is 1.29. The first kappa shape index (κ1) is 12.8. The average molecular weight is 240 g/mol. The van der Waals surface area contributed by atoms with Crippen LogP contribution >= 0.6 is 0 Å². The maximum absolute atomic E-state index is 13.0. The molecule has 0 aliphatic carbocycles. The van der Waals surface area contributed by atoms with Crippen molar-refractivity contribution in [1.29, 1.82) is 5.26 Å². The highest BCUT2D eigenvalue weighted by Crippen LogP contribution is 2.13. The first-order valence-corrected chi connectivity index (χ1v) is 6.39. The Morgan fingerprint density at radius 3 is 2.88 bits per heavy atom. The van der Waals surface area contributed by atoms with Crippen LogP contribution in [0.1, 0.15) is 17.5 Å². The highest BCUT2D eigenvalue weighted by Gasteiger charge is 2.07. The molecule has 1 atom stereocenters. The maximum atomic E-state index is 13.0. The van der Waals surface area contributed by atoms with E-state index in [2.05, 4.69) is 0 Å². The molecule has 0 amide bonds. The Labute approximate surface area is 96.5 Å². The van der Waals surface area contributed by atoms with Crippen molar-refractivity contribution in [3.8, 4) is 6.07 Å². The fraction of sp³-hybridized carbons (Fsp3) is 0.364. The molecule has 1 aromatic rings. The Hall–Kier alpha value is -1.25. The van der Waals surface area contributed by atoms with Gasteiger partial charge in [0.05, 0.1) is 11.6 Å². The van der Waals surface area contributed by atoms with Crippen LogP contribution in [0.4, 0.5) is 4.39 Å². The van der Waals surface area contributed by atoms with Crippen LogP contribution in [0.15, 0.2) is 18.2 Å². The SMILES string of the molecule is N#Cc1ccc(F)cc1CS(=O)CCCN. The third-order valence-electron chi connectivity index (χ3n) is 2.08. The van der Waals surface area contributed by atoms with Crippen molar-refractivity contribution in [2.45, 2.75) is 12.2 Å². The zero-order chi connectivity index (χ0) is 12.0. The van der Waals surface area contributed by atoms with Crippen molar-refractivity contribution in [1.82, 2.24) is 0 Å². The Balaban J connectivity index is 2.76. The molecule has 0 aliphatic heterocycles. The number of nitrogens with two attached hydrogens (primary N) is 1. The van der Waals surface area contributed by atoms with E-state index < -0.39 is 16.6 Å². The monoisotopic (exact) mass is 240 g/mol. The van der Waals surface area contributed by atoms with Gasteiger partial charge in [-0.25, -0.2) is 4.39 Å². The summed E-state index contributed by atoms with van der Waals surface area (Å²) in [6.45, 7) is 0.486. The number of rotatable bonds is 5. The van der Waals surface area contributed by atoms with Crippen LogP contribution in [0.3, 0.4) is 0 Å². The van der Waals surface area contributed by atoms with Gasteiger partial charge >= 0.3 is 0 Å². The highest BCUT2D eigenvalue weighted by molar-refractivity contribution is 7.84. The third-order valence-corrected chi connectivity index (χ3v) is 3.46. The van der Waals surface area contributed by atoms with E-state index >= 15 is 0 Å². The predicted molar refractivity (Wildman–Crippen MR) is 61.5 cm³/mol. The summed E-state index contributed by atoms with van der Waals surface area (Å²) in [6.07, 6.45) is 0.670. The maximum Gasteiger partial charge on any atom is 0.123 e. The zero-order valence-electron chi connectivity index (χ0n) is 8.78. The topological polar surface area (TPSA) is 66.9 Å². The smallest absolute Gasteiger partial charge is 0.123 e. The van der Waals surface area contributed by atoms with Gasteiger partial charge in [0.15, 0.2) is 0 Å². The molecule has 3 nitrogen and oxygen atoms in total. The van der Waals surface area contributed by atoms with Crippen LogP contribution < -0.4 is 5.73 Å². The Bertz CT molecular complexity index is 428. The van der Waals surface area contributed by atoms with Crippen molar-refractivity contribution in [2.75, 3.05) is 12.3 Å². The lowest BCUT2D eigenvalue weighted by Crippen LogP contribution is -2.08. The largest absolute Gasteiger partial charge is 0.330 e. The summed E-state index contributed by atoms with van der Waals surface area (Å²) < 4.78 is 24.5. The van der Waals surface area contributed by atoms with Crippen LogP contribution in [-0.4, -0.2) is 16.5 Å². The summed E-state index contributed by atoms with van der Waals surface area (Å²) in [5, 5.41) is 8.81. The van der Waals surface area contributed by atoms with Gasteiger partial charge in [-0.1, -0.05) is 0 Å². The van der Waals surface area contributed by atoms with Crippen molar-refractivity contribution in [2.24, 2.45) is 5.73 Å². The van der Waals surface area contributed by atoms with E-state index in [1.54, 1.807) is 0 Å². The lowest BCUT2D eigenvalue weighted by molar-refractivity contribution is 0.626. The van der Waals surface area contributed by atoms with E-state index in [0.29, 0.717) is 29.8 Å². The van der Waals surface area contributed by atoms with Gasteiger partial charge in [0.2, 0.25) is 0 Å². The van der Waals surface area contributed by atoms with Gasteiger partial charge in [0.25, 0.3) is 0 Å². The molecular weight excluding hydrogens is 227 g/mol. The van der Waals surface area contributed by atoms with Crippen LogP contribution in [-0.2, 0) is 16.6 Å². The molecule has 0 fully saturated rings. The molecule has 0 bridgehead atoms. The Kier molecular flexibility index (Phi) is 5.09. The van der Waals surface area contributed by atoms with E-state index in [-0.39, 0.29) is 5.75 Å². The molecule has 16 heavy (non-hydrogen) atoms.